The van der Waals surface area contributed by atoms with Gasteiger partial charge in [-0.1, -0.05) is 24.4 Å². The Hall–Kier alpha value is -1.87. The van der Waals surface area contributed by atoms with E-state index >= 15 is 0 Å². The zero-order chi connectivity index (χ0) is 11.3. The van der Waals surface area contributed by atoms with Crippen LogP contribution >= 0.6 is 0 Å². The Kier molecular flexibility index (Phi) is 3.42. The van der Waals surface area contributed by atoms with Crippen LogP contribution in [0.1, 0.15) is 0 Å². The highest BCUT2D eigenvalue weighted by Crippen LogP contribution is 2.31. The van der Waals surface area contributed by atoms with Gasteiger partial charge in [-0.25, -0.2) is 0 Å². The van der Waals surface area contributed by atoms with Crippen molar-refractivity contribution in [3.63, 3.8) is 0 Å². The second-order valence-corrected chi connectivity index (χ2v) is 2.43. The summed E-state index contributed by atoms with van der Waals surface area (Å²) in [7, 11) is 0. The average Bonchev–Trinajstić information content (AvgIpc) is 2.14. The van der Waals surface area contributed by atoms with Crippen LogP contribution in [0.2, 0.25) is 0 Å². The van der Waals surface area contributed by atoms with Crippen LogP contribution in [-0.4, -0.2) is 6.36 Å². The Morgan fingerprint density at radius 1 is 1.20 bits per heavy atom. The van der Waals surface area contributed by atoms with Gasteiger partial charge in [0, 0.05) is 0 Å². The first kappa shape index (κ1) is 11.2. The average molecular weight is 216 g/mol. The van der Waals surface area contributed by atoms with E-state index in [1.54, 1.807) is 0 Å². The summed E-state index contributed by atoms with van der Waals surface area (Å²) < 4.78 is 44.3. The minimum absolute atomic E-state index is 0.0500. The lowest BCUT2D eigenvalue weighted by Gasteiger charge is -2.11. The van der Waals surface area contributed by atoms with Crippen molar-refractivity contribution in [3.8, 4) is 11.5 Å². The van der Waals surface area contributed by atoms with Crippen molar-refractivity contribution in [1.82, 2.24) is 0 Å². The molecule has 0 N–H and O–H groups in total. The molecule has 0 aliphatic carbocycles. The van der Waals surface area contributed by atoms with Gasteiger partial charge in [-0.15, -0.1) is 13.2 Å². The van der Waals surface area contributed by atoms with Gasteiger partial charge in [-0.3, -0.25) is 0 Å². The number of benzene rings is 1. The third kappa shape index (κ3) is 3.79. The third-order valence-corrected chi connectivity index (χ3v) is 1.34. The lowest BCUT2D eigenvalue weighted by atomic mass is 10.3. The number of ether oxygens (including phenoxy) is 2. The minimum atomic E-state index is -4.74. The molecule has 0 radical (unpaired) electrons. The molecule has 5 heteroatoms. The molecule has 0 atom stereocenters. The van der Waals surface area contributed by atoms with Crippen LogP contribution in [0.3, 0.4) is 0 Å². The Morgan fingerprint density at radius 2 is 1.80 bits per heavy atom. The molecular formula is C10H7F3O2. The van der Waals surface area contributed by atoms with Gasteiger partial charge in [-0.05, 0) is 12.1 Å². The lowest BCUT2D eigenvalue weighted by Crippen LogP contribution is -2.17. The number of halogens is 3. The normalized spacial score (nSPS) is 10.3. The monoisotopic (exact) mass is 216 g/mol. The van der Waals surface area contributed by atoms with Gasteiger partial charge < -0.3 is 9.47 Å². The van der Waals surface area contributed by atoms with Crippen LogP contribution in [0.5, 0.6) is 11.5 Å². The van der Waals surface area contributed by atoms with Gasteiger partial charge in [0.2, 0.25) is 0 Å². The molecule has 80 valence electrons. The minimum Gasteiger partial charge on any atom is -0.453 e. The fraction of sp³-hybridized carbons (Fsp3) is 0.100. The summed E-state index contributed by atoms with van der Waals surface area (Å²) in [4.78, 5) is 0. The highest BCUT2D eigenvalue weighted by Gasteiger charge is 2.32. The number of alkyl halides is 3. The van der Waals surface area contributed by atoms with Gasteiger partial charge in [0.05, 0.1) is 0 Å². The summed E-state index contributed by atoms with van der Waals surface area (Å²) >= 11 is 0. The summed E-state index contributed by atoms with van der Waals surface area (Å²) in [6.45, 7) is 3.21. The second-order valence-electron chi connectivity index (χ2n) is 2.43. The first-order valence-corrected chi connectivity index (χ1v) is 3.88. The Labute approximate surface area is 84.2 Å². The van der Waals surface area contributed by atoms with Crippen molar-refractivity contribution < 1.29 is 22.6 Å². The molecule has 0 saturated carbocycles. The van der Waals surface area contributed by atoms with Crippen molar-refractivity contribution >= 4 is 0 Å². The fourth-order valence-electron chi connectivity index (χ4n) is 0.862. The Morgan fingerprint density at radius 3 is 2.33 bits per heavy atom. The Balaban J connectivity index is 2.90. The molecule has 0 spiro atoms. The standard InChI is InChI=1S/C10H7F3O2/c1-2-7-14-8-5-3-4-6-9(8)15-10(11,12)13/h3-7H,1H2. The van der Waals surface area contributed by atoms with Crippen molar-refractivity contribution in [2.75, 3.05) is 0 Å². The molecule has 0 unspecified atom stereocenters. The van der Waals surface area contributed by atoms with E-state index < -0.39 is 12.1 Å². The van der Waals surface area contributed by atoms with Crippen molar-refractivity contribution in [1.29, 1.82) is 0 Å². The topological polar surface area (TPSA) is 18.5 Å². The number of hydrogen-bond donors (Lipinski definition) is 0. The van der Waals surface area contributed by atoms with Crippen LogP contribution in [0.15, 0.2) is 42.8 Å². The third-order valence-electron chi connectivity index (χ3n) is 1.34. The van der Waals surface area contributed by atoms with E-state index in [9.17, 15) is 13.2 Å². The molecule has 0 fully saturated rings. The molecule has 0 amide bonds. The summed E-state index contributed by atoms with van der Waals surface area (Å²) in [6, 6.07) is 5.43. The van der Waals surface area contributed by atoms with E-state index in [1.165, 1.54) is 18.2 Å². The zero-order valence-electron chi connectivity index (χ0n) is 7.54. The highest BCUT2D eigenvalue weighted by molar-refractivity contribution is 5.40. The fourth-order valence-corrected chi connectivity index (χ4v) is 0.862. The zero-order valence-corrected chi connectivity index (χ0v) is 7.54. The van der Waals surface area contributed by atoms with Gasteiger partial charge >= 0.3 is 6.36 Å². The van der Waals surface area contributed by atoms with Gasteiger partial charge in [0.15, 0.2) is 11.5 Å². The summed E-state index contributed by atoms with van der Waals surface area (Å²) in [5.41, 5.74) is 2.27. The van der Waals surface area contributed by atoms with Gasteiger partial charge in [0.25, 0.3) is 0 Å². The van der Waals surface area contributed by atoms with Crippen molar-refractivity contribution in [2.24, 2.45) is 0 Å². The first-order chi connectivity index (χ1) is 7.03. The van der Waals surface area contributed by atoms with Crippen molar-refractivity contribution in [2.45, 2.75) is 6.36 Å². The predicted octanol–water partition coefficient (Wildman–Crippen LogP) is 3.26. The predicted molar refractivity (Wildman–Crippen MR) is 47.5 cm³/mol. The molecule has 0 aliphatic rings. The quantitative estimate of drug-likeness (QED) is 0.570. The highest BCUT2D eigenvalue weighted by atomic mass is 19.4. The molecule has 15 heavy (non-hydrogen) atoms. The van der Waals surface area contributed by atoms with E-state index in [1.807, 2.05) is 0 Å². The molecule has 0 saturated heterocycles. The molecule has 0 heterocycles. The first-order valence-electron chi connectivity index (χ1n) is 3.88. The number of rotatable bonds is 3. The molecule has 0 bridgehead atoms. The molecule has 2 nitrogen and oxygen atoms in total. The van der Waals surface area contributed by atoms with E-state index in [4.69, 9.17) is 4.74 Å². The summed E-state index contributed by atoms with van der Waals surface area (Å²) in [5.74, 6) is -0.456. The maximum absolute atomic E-state index is 11.9. The SMILES string of the molecule is C=C=COc1ccccc1OC(F)(F)F. The summed E-state index contributed by atoms with van der Waals surface area (Å²) in [5, 5.41) is 0. The van der Waals surface area contributed by atoms with Gasteiger partial charge in [0.1, 0.15) is 6.26 Å². The van der Waals surface area contributed by atoms with E-state index in [0.717, 1.165) is 12.3 Å². The molecule has 1 aromatic carbocycles. The van der Waals surface area contributed by atoms with Crippen molar-refractivity contribution in [3.05, 3.63) is 42.8 Å². The maximum atomic E-state index is 11.9. The van der Waals surface area contributed by atoms with E-state index in [0.29, 0.717) is 0 Å². The molecule has 0 aliphatic heterocycles. The number of para-hydroxylation sites is 2. The van der Waals surface area contributed by atoms with Gasteiger partial charge in [-0.2, -0.15) is 0 Å². The van der Waals surface area contributed by atoms with E-state index in [-0.39, 0.29) is 5.75 Å². The molecule has 0 aromatic heterocycles. The smallest absolute Gasteiger partial charge is 0.453 e. The summed E-state index contributed by atoms with van der Waals surface area (Å²) in [6.07, 6.45) is -3.70. The number of hydrogen-bond acceptors (Lipinski definition) is 2. The van der Waals surface area contributed by atoms with Crippen LogP contribution in [0.25, 0.3) is 0 Å². The van der Waals surface area contributed by atoms with E-state index in [2.05, 4.69) is 17.0 Å². The maximum Gasteiger partial charge on any atom is 0.573 e. The molecule has 1 rings (SSSR count). The van der Waals surface area contributed by atoms with Crippen LogP contribution in [0, 0.1) is 0 Å². The lowest BCUT2D eigenvalue weighted by molar-refractivity contribution is -0.275. The molecule has 1 aromatic rings. The van der Waals surface area contributed by atoms with Crippen LogP contribution in [-0.2, 0) is 0 Å². The second kappa shape index (κ2) is 4.57. The Bertz CT molecular complexity index is 378. The van der Waals surface area contributed by atoms with Crippen LogP contribution < -0.4 is 9.47 Å². The molecular weight excluding hydrogens is 209 g/mol. The largest absolute Gasteiger partial charge is 0.573 e. The van der Waals surface area contributed by atoms with Crippen LogP contribution in [0.4, 0.5) is 13.2 Å².